The molecule has 6 nitrogen and oxygen atoms in total. The number of hydrogen-bond acceptors (Lipinski definition) is 4. The molecule has 7 heteroatoms. The smallest absolute Gasteiger partial charge is 0.191 e. The standard InChI is InChI=1S/C22H31ClN4O2/c1-24-22(25-13-12-16-6-9-18(23)10-7-16)26-15-19(27(2)3)17-8-11-20(28-4)21(14-17)29-5/h6-11,14,19H,12-13,15H2,1-5H3,(H2,24,25,26). The van der Waals surface area contributed by atoms with Crippen molar-refractivity contribution in [1.82, 2.24) is 15.5 Å². The average Bonchev–Trinajstić information content (AvgIpc) is 2.73. The molecule has 158 valence electrons. The molecule has 2 N–H and O–H groups in total. The third-order valence-electron chi connectivity index (χ3n) is 4.72. The number of nitrogens with zero attached hydrogens (tertiary/aromatic N) is 2. The molecule has 0 saturated heterocycles. The molecule has 1 unspecified atom stereocenters. The van der Waals surface area contributed by atoms with Crippen LogP contribution in [0.15, 0.2) is 47.5 Å². The Kier molecular flexibility index (Phi) is 9.09. The molecule has 0 spiro atoms. The fourth-order valence-corrected chi connectivity index (χ4v) is 3.17. The molecular weight excluding hydrogens is 388 g/mol. The minimum atomic E-state index is 0.143. The van der Waals surface area contributed by atoms with E-state index in [0.717, 1.165) is 41.0 Å². The van der Waals surface area contributed by atoms with Crippen LogP contribution < -0.4 is 20.1 Å². The molecule has 0 amide bonds. The van der Waals surface area contributed by atoms with E-state index in [4.69, 9.17) is 21.1 Å². The number of halogens is 1. The molecule has 0 fully saturated rings. The number of likely N-dealkylation sites (N-methyl/N-ethyl adjacent to an activating group) is 1. The SMILES string of the molecule is CN=C(NCCc1ccc(Cl)cc1)NCC(c1ccc(OC)c(OC)c1)N(C)C. The maximum atomic E-state index is 5.94. The van der Waals surface area contributed by atoms with Gasteiger partial charge in [-0.1, -0.05) is 29.8 Å². The Morgan fingerprint density at radius 1 is 1.03 bits per heavy atom. The lowest BCUT2D eigenvalue weighted by molar-refractivity contribution is 0.295. The number of hydrogen-bond donors (Lipinski definition) is 2. The number of ether oxygens (including phenoxy) is 2. The number of methoxy groups -OCH3 is 2. The first-order valence-corrected chi connectivity index (χ1v) is 9.93. The van der Waals surface area contributed by atoms with Crippen LogP contribution in [-0.2, 0) is 6.42 Å². The maximum absolute atomic E-state index is 5.94. The van der Waals surface area contributed by atoms with Gasteiger partial charge in [0.15, 0.2) is 17.5 Å². The zero-order chi connectivity index (χ0) is 21.2. The highest BCUT2D eigenvalue weighted by atomic mass is 35.5. The first kappa shape index (κ1) is 22.8. The largest absolute Gasteiger partial charge is 0.493 e. The van der Waals surface area contributed by atoms with E-state index in [0.29, 0.717) is 6.54 Å². The lowest BCUT2D eigenvalue weighted by Gasteiger charge is -2.26. The summed E-state index contributed by atoms with van der Waals surface area (Å²) in [4.78, 5) is 6.49. The van der Waals surface area contributed by atoms with Crippen molar-refractivity contribution in [2.45, 2.75) is 12.5 Å². The van der Waals surface area contributed by atoms with Crippen molar-refractivity contribution < 1.29 is 9.47 Å². The van der Waals surface area contributed by atoms with Crippen molar-refractivity contribution in [3.05, 3.63) is 58.6 Å². The van der Waals surface area contributed by atoms with E-state index in [1.54, 1.807) is 21.3 Å². The Balaban J connectivity index is 1.95. The number of guanidine groups is 1. The first-order valence-electron chi connectivity index (χ1n) is 9.55. The highest BCUT2D eigenvalue weighted by molar-refractivity contribution is 6.30. The Labute approximate surface area is 178 Å². The van der Waals surface area contributed by atoms with E-state index in [-0.39, 0.29) is 6.04 Å². The summed E-state index contributed by atoms with van der Waals surface area (Å²) in [6, 6.07) is 14.1. The van der Waals surface area contributed by atoms with Crippen LogP contribution in [0.2, 0.25) is 5.02 Å². The number of aliphatic imine (C=N–C) groups is 1. The fourth-order valence-electron chi connectivity index (χ4n) is 3.05. The minimum Gasteiger partial charge on any atom is -0.493 e. The van der Waals surface area contributed by atoms with Crippen molar-refractivity contribution >= 4 is 17.6 Å². The quantitative estimate of drug-likeness (QED) is 0.483. The van der Waals surface area contributed by atoms with Gasteiger partial charge in [0.1, 0.15) is 0 Å². The molecule has 1 atom stereocenters. The zero-order valence-corrected chi connectivity index (χ0v) is 18.6. The molecule has 0 aliphatic rings. The molecule has 2 aromatic rings. The Bertz CT molecular complexity index is 794. The lowest BCUT2D eigenvalue weighted by Crippen LogP contribution is -2.42. The first-order chi connectivity index (χ1) is 14.0. The van der Waals surface area contributed by atoms with Gasteiger partial charge < -0.3 is 25.0 Å². The Hall–Kier alpha value is -2.44. The second-order valence-corrected chi connectivity index (χ2v) is 7.29. The number of benzene rings is 2. The van der Waals surface area contributed by atoms with Crippen LogP contribution in [0.25, 0.3) is 0 Å². The topological polar surface area (TPSA) is 58.1 Å². The molecule has 0 heterocycles. The molecule has 0 bridgehead atoms. The third-order valence-corrected chi connectivity index (χ3v) is 4.97. The summed E-state index contributed by atoms with van der Waals surface area (Å²) in [5.74, 6) is 2.22. The zero-order valence-electron chi connectivity index (χ0n) is 17.8. The van der Waals surface area contributed by atoms with Crippen LogP contribution in [0.5, 0.6) is 11.5 Å². The molecule has 2 aromatic carbocycles. The number of nitrogens with one attached hydrogen (secondary N) is 2. The molecule has 0 aliphatic heterocycles. The van der Waals surface area contributed by atoms with Crippen molar-refractivity contribution in [3.8, 4) is 11.5 Å². The number of rotatable bonds is 9. The van der Waals surface area contributed by atoms with Crippen LogP contribution in [0.3, 0.4) is 0 Å². The second-order valence-electron chi connectivity index (χ2n) is 6.85. The predicted octanol–water partition coefficient (Wildman–Crippen LogP) is 3.37. The van der Waals surface area contributed by atoms with Crippen molar-refractivity contribution in [2.24, 2.45) is 4.99 Å². The van der Waals surface area contributed by atoms with Crippen LogP contribution in [0.1, 0.15) is 17.2 Å². The minimum absolute atomic E-state index is 0.143. The molecule has 0 saturated carbocycles. The van der Waals surface area contributed by atoms with E-state index >= 15 is 0 Å². The van der Waals surface area contributed by atoms with Gasteiger partial charge in [0.05, 0.1) is 20.3 Å². The molecule has 29 heavy (non-hydrogen) atoms. The summed E-state index contributed by atoms with van der Waals surface area (Å²) in [6.07, 6.45) is 0.894. The van der Waals surface area contributed by atoms with Crippen molar-refractivity contribution in [1.29, 1.82) is 0 Å². The van der Waals surface area contributed by atoms with Crippen LogP contribution in [-0.4, -0.2) is 59.3 Å². The monoisotopic (exact) mass is 418 g/mol. The summed E-state index contributed by atoms with van der Waals surface area (Å²) < 4.78 is 10.8. The average molecular weight is 419 g/mol. The van der Waals surface area contributed by atoms with E-state index < -0.39 is 0 Å². The van der Waals surface area contributed by atoms with Gasteiger partial charge in [0.2, 0.25) is 0 Å². The molecule has 0 aromatic heterocycles. The molecule has 0 aliphatic carbocycles. The fraction of sp³-hybridized carbons (Fsp3) is 0.409. The summed E-state index contributed by atoms with van der Waals surface area (Å²) in [5.41, 5.74) is 2.37. The molecular formula is C22H31ClN4O2. The van der Waals surface area contributed by atoms with Gasteiger partial charge in [0, 0.05) is 25.2 Å². The summed E-state index contributed by atoms with van der Waals surface area (Å²) in [7, 11) is 9.18. The summed E-state index contributed by atoms with van der Waals surface area (Å²) in [6.45, 7) is 1.48. The van der Waals surface area contributed by atoms with E-state index in [2.05, 4.69) is 40.7 Å². The third kappa shape index (κ3) is 6.84. The van der Waals surface area contributed by atoms with Gasteiger partial charge >= 0.3 is 0 Å². The lowest BCUT2D eigenvalue weighted by atomic mass is 10.1. The highest BCUT2D eigenvalue weighted by Gasteiger charge is 2.17. The predicted molar refractivity (Wildman–Crippen MR) is 120 cm³/mol. The Morgan fingerprint density at radius 3 is 2.31 bits per heavy atom. The van der Waals surface area contributed by atoms with Gasteiger partial charge in [-0.05, 0) is 55.9 Å². The van der Waals surface area contributed by atoms with Gasteiger partial charge in [-0.3, -0.25) is 4.99 Å². The normalized spacial score (nSPS) is 12.6. The molecule has 2 rings (SSSR count). The summed E-state index contributed by atoms with van der Waals surface area (Å²) >= 11 is 5.94. The van der Waals surface area contributed by atoms with Gasteiger partial charge in [-0.25, -0.2) is 0 Å². The highest BCUT2D eigenvalue weighted by Crippen LogP contribution is 2.31. The van der Waals surface area contributed by atoms with E-state index in [9.17, 15) is 0 Å². The second kappa shape index (κ2) is 11.5. The van der Waals surface area contributed by atoms with Gasteiger partial charge in [-0.15, -0.1) is 0 Å². The van der Waals surface area contributed by atoms with Crippen molar-refractivity contribution in [3.63, 3.8) is 0 Å². The van der Waals surface area contributed by atoms with Gasteiger partial charge in [0.25, 0.3) is 0 Å². The Morgan fingerprint density at radius 2 is 1.72 bits per heavy atom. The van der Waals surface area contributed by atoms with E-state index in [1.165, 1.54) is 5.56 Å². The van der Waals surface area contributed by atoms with Crippen LogP contribution in [0, 0.1) is 0 Å². The molecule has 0 radical (unpaired) electrons. The van der Waals surface area contributed by atoms with Crippen molar-refractivity contribution in [2.75, 3.05) is 48.5 Å². The maximum Gasteiger partial charge on any atom is 0.191 e. The summed E-state index contributed by atoms with van der Waals surface area (Å²) in [5, 5.41) is 7.53. The van der Waals surface area contributed by atoms with E-state index in [1.807, 2.05) is 36.4 Å². The van der Waals surface area contributed by atoms with Gasteiger partial charge in [-0.2, -0.15) is 0 Å². The van der Waals surface area contributed by atoms with Crippen LogP contribution >= 0.6 is 11.6 Å². The van der Waals surface area contributed by atoms with Crippen LogP contribution in [0.4, 0.5) is 0 Å².